The number of nitrogens with zero attached hydrogens (tertiary/aromatic N) is 2. The molecule has 100 valence electrons. The summed E-state index contributed by atoms with van der Waals surface area (Å²) in [5.41, 5.74) is 0.0647. The van der Waals surface area contributed by atoms with Crippen molar-refractivity contribution < 1.29 is 9.59 Å². The Bertz CT molecular complexity index is 517. The maximum atomic E-state index is 12.4. The van der Waals surface area contributed by atoms with Crippen molar-refractivity contribution in [3.8, 4) is 0 Å². The molecule has 5 nitrogen and oxygen atoms in total. The highest BCUT2D eigenvalue weighted by Crippen LogP contribution is 2.41. The number of pyridine rings is 1. The lowest BCUT2D eigenvalue weighted by Gasteiger charge is -2.23. The van der Waals surface area contributed by atoms with Gasteiger partial charge in [0, 0.05) is 25.8 Å². The van der Waals surface area contributed by atoms with E-state index in [2.05, 4.69) is 17.2 Å². The van der Waals surface area contributed by atoms with Gasteiger partial charge >= 0.3 is 0 Å². The van der Waals surface area contributed by atoms with Gasteiger partial charge in [0.25, 0.3) is 5.91 Å². The first kappa shape index (κ1) is 12.1. The van der Waals surface area contributed by atoms with E-state index < -0.39 is 0 Å². The van der Waals surface area contributed by atoms with E-state index in [1.165, 1.54) is 0 Å². The monoisotopic (exact) mass is 259 g/mol. The van der Waals surface area contributed by atoms with E-state index in [-0.39, 0.29) is 23.1 Å². The van der Waals surface area contributed by atoms with Crippen molar-refractivity contribution in [1.82, 2.24) is 15.2 Å². The van der Waals surface area contributed by atoms with Gasteiger partial charge in [0.05, 0.1) is 5.41 Å². The summed E-state index contributed by atoms with van der Waals surface area (Å²) in [6.45, 7) is 3.91. The number of nitrogens with one attached hydrogen (secondary N) is 1. The predicted molar refractivity (Wildman–Crippen MR) is 69.4 cm³/mol. The largest absolute Gasteiger partial charge is 0.356 e. The number of likely N-dealkylation sites (tertiary alicyclic amines) is 1. The first-order valence-electron chi connectivity index (χ1n) is 6.62. The summed E-state index contributed by atoms with van der Waals surface area (Å²) in [6.07, 6.45) is 2.43. The van der Waals surface area contributed by atoms with Crippen LogP contribution in [0.3, 0.4) is 0 Å². The molecule has 2 aliphatic rings. The zero-order valence-electron chi connectivity index (χ0n) is 10.9. The van der Waals surface area contributed by atoms with Crippen molar-refractivity contribution in [2.24, 2.45) is 11.3 Å². The summed E-state index contributed by atoms with van der Waals surface area (Å²) in [7, 11) is 0. The van der Waals surface area contributed by atoms with Gasteiger partial charge in [0.2, 0.25) is 5.91 Å². The summed E-state index contributed by atoms with van der Waals surface area (Å²) in [6, 6.07) is 5.31. The van der Waals surface area contributed by atoms with Crippen molar-refractivity contribution in [2.45, 2.75) is 13.3 Å². The minimum atomic E-state index is -0.384. The second-order valence-electron chi connectivity index (χ2n) is 5.46. The van der Waals surface area contributed by atoms with E-state index in [0.29, 0.717) is 18.8 Å². The molecule has 0 saturated carbocycles. The van der Waals surface area contributed by atoms with Gasteiger partial charge < -0.3 is 10.2 Å². The third-order valence-corrected chi connectivity index (χ3v) is 4.39. The molecule has 1 N–H and O–H groups in total. The molecule has 0 bridgehead atoms. The topological polar surface area (TPSA) is 62.3 Å². The van der Waals surface area contributed by atoms with Gasteiger partial charge in [-0.05, 0) is 24.5 Å². The molecular weight excluding hydrogens is 242 g/mol. The highest BCUT2D eigenvalue weighted by molar-refractivity contribution is 5.94. The molecule has 1 spiro atoms. The van der Waals surface area contributed by atoms with E-state index in [4.69, 9.17) is 0 Å². The Morgan fingerprint density at radius 3 is 3.00 bits per heavy atom. The zero-order chi connectivity index (χ0) is 13.5. The fraction of sp³-hybridized carbons (Fsp3) is 0.500. The predicted octanol–water partition coefficient (Wildman–Crippen LogP) is 0.680. The molecule has 2 aliphatic heterocycles. The van der Waals surface area contributed by atoms with Gasteiger partial charge in [-0.25, -0.2) is 0 Å². The quantitative estimate of drug-likeness (QED) is 0.806. The van der Waals surface area contributed by atoms with Gasteiger partial charge in [-0.3, -0.25) is 14.6 Å². The van der Waals surface area contributed by atoms with Crippen LogP contribution in [0.1, 0.15) is 23.8 Å². The van der Waals surface area contributed by atoms with E-state index in [1.54, 1.807) is 29.3 Å². The summed E-state index contributed by atoms with van der Waals surface area (Å²) in [5.74, 6) is 0.211. The standard InChI is InChI=1S/C14H17N3O2/c1-10-8-17(9-14(10)5-7-16-13(14)19)12(18)11-4-2-3-6-15-11/h2-4,6,10H,5,7-9H2,1H3,(H,16,19)/t10-,14-/m1/s1. The van der Waals surface area contributed by atoms with Crippen molar-refractivity contribution >= 4 is 11.8 Å². The fourth-order valence-corrected chi connectivity index (χ4v) is 3.18. The molecule has 3 heterocycles. The van der Waals surface area contributed by atoms with Gasteiger partial charge in [-0.1, -0.05) is 13.0 Å². The van der Waals surface area contributed by atoms with Crippen LogP contribution in [0.25, 0.3) is 0 Å². The van der Waals surface area contributed by atoms with Gasteiger partial charge in [-0.2, -0.15) is 0 Å². The van der Waals surface area contributed by atoms with Crippen LogP contribution >= 0.6 is 0 Å². The number of aromatic nitrogens is 1. The van der Waals surface area contributed by atoms with Crippen LogP contribution in [0.15, 0.2) is 24.4 Å². The van der Waals surface area contributed by atoms with Crippen LogP contribution in [-0.2, 0) is 4.79 Å². The first-order valence-corrected chi connectivity index (χ1v) is 6.62. The lowest BCUT2D eigenvalue weighted by molar-refractivity contribution is -0.128. The number of carbonyl (C=O) groups excluding carboxylic acids is 2. The van der Waals surface area contributed by atoms with Crippen LogP contribution in [-0.4, -0.2) is 41.3 Å². The second kappa shape index (κ2) is 4.33. The van der Waals surface area contributed by atoms with Crippen molar-refractivity contribution in [1.29, 1.82) is 0 Å². The Hall–Kier alpha value is -1.91. The number of hydrogen-bond acceptors (Lipinski definition) is 3. The van der Waals surface area contributed by atoms with Gasteiger partial charge in [-0.15, -0.1) is 0 Å². The molecule has 2 fully saturated rings. The van der Waals surface area contributed by atoms with Crippen molar-refractivity contribution in [3.05, 3.63) is 30.1 Å². The SMILES string of the molecule is C[C@@H]1CN(C(=O)c2ccccn2)C[C@]12CCNC2=O. The van der Waals surface area contributed by atoms with Crippen LogP contribution in [0, 0.1) is 11.3 Å². The third-order valence-electron chi connectivity index (χ3n) is 4.39. The first-order chi connectivity index (χ1) is 9.13. The van der Waals surface area contributed by atoms with Gasteiger partial charge in [0.15, 0.2) is 0 Å². The normalized spacial score (nSPS) is 29.8. The smallest absolute Gasteiger partial charge is 0.272 e. The maximum absolute atomic E-state index is 12.4. The third kappa shape index (κ3) is 1.80. The lowest BCUT2D eigenvalue weighted by atomic mass is 9.78. The van der Waals surface area contributed by atoms with E-state index in [1.807, 2.05) is 0 Å². The summed E-state index contributed by atoms with van der Waals surface area (Å²) in [4.78, 5) is 30.3. The van der Waals surface area contributed by atoms with Crippen LogP contribution in [0.5, 0.6) is 0 Å². The highest BCUT2D eigenvalue weighted by atomic mass is 16.2. The Kier molecular flexibility index (Phi) is 2.77. The number of hydrogen-bond donors (Lipinski definition) is 1. The molecular formula is C14H17N3O2. The number of carbonyl (C=O) groups is 2. The molecule has 19 heavy (non-hydrogen) atoms. The molecule has 0 unspecified atom stereocenters. The Morgan fingerprint density at radius 2 is 2.37 bits per heavy atom. The Balaban J connectivity index is 1.82. The van der Waals surface area contributed by atoms with Crippen molar-refractivity contribution in [3.63, 3.8) is 0 Å². The minimum absolute atomic E-state index is 0.0796. The molecule has 0 aliphatic carbocycles. The van der Waals surface area contributed by atoms with Crippen LogP contribution in [0.2, 0.25) is 0 Å². The Morgan fingerprint density at radius 1 is 1.53 bits per heavy atom. The summed E-state index contributed by atoms with van der Waals surface area (Å²) in [5, 5.41) is 2.89. The molecule has 2 amide bonds. The minimum Gasteiger partial charge on any atom is -0.356 e. The van der Waals surface area contributed by atoms with E-state index >= 15 is 0 Å². The van der Waals surface area contributed by atoms with E-state index in [9.17, 15) is 9.59 Å². The Labute approximate surface area is 112 Å². The molecule has 2 saturated heterocycles. The molecule has 5 heteroatoms. The number of rotatable bonds is 1. The average molecular weight is 259 g/mol. The summed E-state index contributed by atoms with van der Waals surface area (Å²) < 4.78 is 0. The van der Waals surface area contributed by atoms with Gasteiger partial charge in [0.1, 0.15) is 5.69 Å². The van der Waals surface area contributed by atoms with E-state index in [0.717, 1.165) is 13.0 Å². The second-order valence-corrected chi connectivity index (χ2v) is 5.46. The zero-order valence-corrected chi connectivity index (χ0v) is 10.9. The van der Waals surface area contributed by atoms with Crippen LogP contribution in [0.4, 0.5) is 0 Å². The number of amides is 2. The van der Waals surface area contributed by atoms with Crippen molar-refractivity contribution in [2.75, 3.05) is 19.6 Å². The molecule has 1 aromatic rings. The van der Waals surface area contributed by atoms with Crippen LogP contribution < -0.4 is 5.32 Å². The maximum Gasteiger partial charge on any atom is 0.272 e. The molecule has 0 radical (unpaired) electrons. The molecule has 3 rings (SSSR count). The summed E-state index contributed by atoms with van der Waals surface area (Å²) >= 11 is 0. The lowest BCUT2D eigenvalue weighted by Crippen LogP contribution is -2.38. The highest BCUT2D eigenvalue weighted by Gasteiger charge is 2.53. The molecule has 0 aromatic carbocycles. The molecule has 1 aromatic heterocycles. The average Bonchev–Trinajstić information content (AvgIpc) is 2.96. The fourth-order valence-electron chi connectivity index (χ4n) is 3.18. The molecule has 2 atom stereocenters.